The van der Waals surface area contributed by atoms with Crippen molar-refractivity contribution >= 4 is 10.0 Å². The van der Waals surface area contributed by atoms with E-state index < -0.39 is 34.8 Å². The van der Waals surface area contributed by atoms with Crippen LogP contribution in [0.3, 0.4) is 0 Å². The maximum absolute atomic E-state index is 13.3. The number of nitrogens with one attached hydrogen (secondary N) is 1. The minimum Gasteiger partial charge on any atom is -0.379 e. The molecule has 1 heterocycles. The van der Waals surface area contributed by atoms with Crippen LogP contribution in [0, 0.1) is 0 Å². The number of rotatable bonds is 3. The Hall–Kier alpha value is -1.12. The van der Waals surface area contributed by atoms with Crippen molar-refractivity contribution in [2.24, 2.45) is 0 Å². The molecule has 1 saturated heterocycles. The Morgan fingerprint density at radius 2 is 1.91 bits per heavy atom. The van der Waals surface area contributed by atoms with Gasteiger partial charge in [0, 0.05) is 13.0 Å². The predicted molar refractivity (Wildman–Crippen MR) is 73.0 cm³/mol. The second-order valence-electron chi connectivity index (χ2n) is 5.77. The Kier molecular flexibility index (Phi) is 3.73. The summed E-state index contributed by atoms with van der Waals surface area (Å²) in [6.07, 6.45) is -2.55. The maximum atomic E-state index is 13.3. The Balaban J connectivity index is 1.93. The van der Waals surface area contributed by atoms with Crippen molar-refractivity contribution in [3.05, 3.63) is 29.3 Å². The fraction of sp³-hybridized carbons (Fsp3) is 0.571. The highest BCUT2D eigenvalue weighted by Crippen LogP contribution is 2.38. The molecule has 122 valence electrons. The molecule has 1 aromatic carbocycles. The van der Waals surface area contributed by atoms with Gasteiger partial charge in [0.2, 0.25) is 10.0 Å². The van der Waals surface area contributed by atoms with Gasteiger partial charge in [-0.2, -0.15) is 17.9 Å². The molecule has 1 fully saturated rings. The van der Waals surface area contributed by atoms with Crippen molar-refractivity contribution in [1.29, 1.82) is 0 Å². The SMILES string of the molecule is O=S(=O)(N[C@]1(C(F)(F)F)CCOC1)c1ccc2c(c1)CCC2. The molecule has 8 heteroatoms. The van der Waals surface area contributed by atoms with Crippen molar-refractivity contribution < 1.29 is 26.3 Å². The maximum Gasteiger partial charge on any atom is 0.409 e. The summed E-state index contributed by atoms with van der Waals surface area (Å²) in [4.78, 5) is -0.122. The van der Waals surface area contributed by atoms with E-state index in [1.54, 1.807) is 6.07 Å². The Labute approximate surface area is 126 Å². The number of aryl methyl sites for hydroxylation is 2. The lowest BCUT2D eigenvalue weighted by Crippen LogP contribution is -2.59. The quantitative estimate of drug-likeness (QED) is 0.921. The Morgan fingerprint density at radius 1 is 1.18 bits per heavy atom. The summed E-state index contributed by atoms with van der Waals surface area (Å²) in [5.41, 5.74) is -0.578. The van der Waals surface area contributed by atoms with Crippen molar-refractivity contribution in [1.82, 2.24) is 4.72 Å². The van der Waals surface area contributed by atoms with Crippen LogP contribution in [0.4, 0.5) is 13.2 Å². The number of hydrogen-bond donors (Lipinski definition) is 1. The van der Waals surface area contributed by atoms with E-state index in [0.29, 0.717) is 0 Å². The monoisotopic (exact) mass is 335 g/mol. The summed E-state index contributed by atoms with van der Waals surface area (Å²) in [5, 5.41) is 0. The van der Waals surface area contributed by atoms with Gasteiger partial charge in [0.15, 0.2) is 5.54 Å². The molecule has 1 aliphatic heterocycles. The largest absolute Gasteiger partial charge is 0.409 e. The molecular formula is C14H16F3NO3S. The Morgan fingerprint density at radius 3 is 2.55 bits per heavy atom. The van der Waals surface area contributed by atoms with Gasteiger partial charge in [-0.05, 0) is 42.5 Å². The highest BCUT2D eigenvalue weighted by atomic mass is 32.2. The van der Waals surface area contributed by atoms with E-state index in [2.05, 4.69) is 0 Å². The highest BCUT2D eigenvalue weighted by Gasteiger charge is 2.59. The van der Waals surface area contributed by atoms with Crippen molar-refractivity contribution in [2.75, 3.05) is 13.2 Å². The first kappa shape index (κ1) is 15.8. The molecule has 0 radical (unpaired) electrons. The number of halogens is 3. The van der Waals surface area contributed by atoms with E-state index in [1.807, 2.05) is 4.72 Å². The molecule has 0 spiro atoms. The van der Waals surface area contributed by atoms with Crippen LogP contribution in [0.1, 0.15) is 24.0 Å². The van der Waals surface area contributed by atoms with Gasteiger partial charge >= 0.3 is 6.18 Å². The molecule has 2 aliphatic rings. The molecule has 0 amide bonds. The van der Waals surface area contributed by atoms with E-state index in [9.17, 15) is 21.6 Å². The fourth-order valence-electron chi connectivity index (χ4n) is 2.96. The molecule has 1 atom stereocenters. The second kappa shape index (κ2) is 5.21. The van der Waals surface area contributed by atoms with Crippen LogP contribution in [0.5, 0.6) is 0 Å². The standard InChI is InChI=1S/C14H16F3NO3S/c15-14(16,17)13(6-7-21-9-13)18-22(19,20)12-5-4-10-2-1-3-11(10)8-12/h4-5,8,18H,1-3,6-7,9H2/t13-/m1/s1. The molecular weight excluding hydrogens is 319 g/mol. The lowest BCUT2D eigenvalue weighted by molar-refractivity contribution is -0.189. The zero-order valence-electron chi connectivity index (χ0n) is 11.7. The van der Waals surface area contributed by atoms with Crippen LogP contribution in [-0.4, -0.2) is 33.3 Å². The number of benzene rings is 1. The zero-order valence-corrected chi connectivity index (χ0v) is 12.6. The average molecular weight is 335 g/mol. The third kappa shape index (κ3) is 2.63. The van der Waals surface area contributed by atoms with Crippen LogP contribution < -0.4 is 4.72 Å². The van der Waals surface area contributed by atoms with E-state index in [0.717, 1.165) is 30.4 Å². The number of fused-ring (bicyclic) bond motifs is 1. The van der Waals surface area contributed by atoms with Gasteiger partial charge in [-0.25, -0.2) is 8.42 Å². The Bertz CT molecular complexity index is 679. The topological polar surface area (TPSA) is 55.4 Å². The number of ether oxygens (including phenoxy) is 1. The van der Waals surface area contributed by atoms with Crippen LogP contribution in [0.25, 0.3) is 0 Å². The van der Waals surface area contributed by atoms with Gasteiger partial charge in [0.25, 0.3) is 0 Å². The zero-order chi connectivity index (χ0) is 16.0. The van der Waals surface area contributed by atoms with Gasteiger partial charge in [0.05, 0.1) is 11.5 Å². The highest BCUT2D eigenvalue weighted by molar-refractivity contribution is 7.89. The minimum atomic E-state index is -4.70. The van der Waals surface area contributed by atoms with E-state index in [4.69, 9.17) is 4.74 Å². The van der Waals surface area contributed by atoms with Crippen LogP contribution in [-0.2, 0) is 27.6 Å². The predicted octanol–water partition coefficient (Wildman–Crippen LogP) is 2.17. The molecule has 3 rings (SSSR count). The lowest BCUT2D eigenvalue weighted by atomic mass is 10.0. The van der Waals surface area contributed by atoms with Crippen LogP contribution in [0.2, 0.25) is 0 Å². The molecule has 1 aromatic rings. The van der Waals surface area contributed by atoms with Crippen molar-refractivity contribution in [3.63, 3.8) is 0 Å². The molecule has 1 N–H and O–H groups in total. The van der Waals surface area contributed by atoms with Crippen molar-refractivity contribution in [2.45, 2.75) is 42.3 Å². The summed E-state index contributed by atoms with van der Waals surface area (Å²) in [5.74, 6) is 0. The average Bonchev–Trinajstić information content (AvgIpc) is 3.05. The molecule has 0 saturated carbocycles. The smallest absolute Gasteiger partial charge is 0.379 e. The summed E-state index contributed by atoms with van der Waals surface area (Å²) in [6, 6.07) is 4.53. The molecule has 4 nitrogen and oxygen atoms in total. The summed E-state index contributed by atoms with van der Waals surface area (Å²) in [6.45, 7) is -0.813. The summed E-state index contributed by atoms with van der Waals surface area (Å²) >= 11 is 0. The van der Waals surface area contributed by atoms with Gasteiger partial charge in [-0.3, -0.25) is 0 Å². The second-order valence-corrected chi connectivity index (χ2v) is 7.45. The van der Waals surface area contributed by atoms with Gasteiger partial charge in [-0.15, -0.1) is 0 Å². The first-order chi connectivity index (χ1) is 10.2. The van der Waals surface area contributed by atoms with E-state index in [1.165, 1.54) is 12.1 Å². The fourth-order valence-corrected chi connectivity index (χ4v) is 4.41. The number of sulfonamides is 1. The lowest BCUT2D eigenvalue weighted by Gasteiger charge is -2.30. The van der Waals surface area contributed by atoms with E-state index in [-0.39, 0.29) is 11.5 Å². The van der Waals surface area contributed by atoms with Gasteiger partial charge in [-0.1, -0.05) is 6.07 Å². The third-order valence-corrected chi connectivity index (χ3v) is 5.81. The molecule has 0 aromatic heterocycles. The van der Waals surface area contributed by atoms with Crippen LogP contribution in [0.15, 0.2) is 23.1 Å². The summed E-state index contributed by atoms with van der Waals surface area (Å²) < 4.78 is 71.2. The van der Waals surface area contributed by atoms with Gasteiger partial charge in [0.1, 0.15) is 0 Å². The number of hydrogen-bond acceptors (Lipinski definition) is 3. The van der Waals surface area contributed by atoms with Crippen molar-refractivity contribution in [3.8, 4) is 0 Å². The number of alkyl halides is 3. The molecule has 0 unspecified atom stereocenters. The first-order valence-electron chi connectivity index (χ1n) is 7.04. The molecule has 0 bridgehead atoms. The third-order valence-electron chi connectivity index (χ3n) is 4.27. The molecule has 1 aliphatic carbocycles. The first-order valence-corrected chi connectivity index (χ1v) is 8.52. The normalized spacial score (nSPS) is 25.4. The van der Waals surface area contributed by atoms with Crippen LogP contribution >= 0.6 is 0 Å². The minimum absolute atomic E-state index is 0.119. The van der Waals surface area contributed by atoms with Gasteiger partial charge < -0.3 is 4.74 Å². The van der Waals surface area contributed by atoms with E-state index >= 15 is 0 Å². The summed E-state index contributed by atoms with van der Waals surface area (Å²) in [7, 11) is -4.26. The molecule has 22 heavy (non-hydrogen) atoms.